The lowest BCUT2D eigenvalue weighted by Gasteiger charge is -2.36. The highest BCUT2D eigenvalue weighted by atomic mass is 35.5. The molecule has 8 heteroatoms. The fourth-order valence-corrected chi connectivity index (χ4v) is 3.13. The molecular weight excluding hydrogens is 376 g/mol. The lowest BCUT2D eigenvalue weighted by Crippen LogP contribution is -2.50. The summed E-state index contributed by atoms with van der Waals surface area (Å²) in [6.45, 7) is 3.81. The van der Waals surface area contributed by atoms with Gasteiger partial charge < -0.3 is 19.9 Å². The highest BCUT2D eigenvalue weighted by molar-refractivity contribution is 6.31. The number of nitrogens with zero attached hydrogens (tertiary/aromatic N) is 2. The summed E-state index contributed by atoms with van der Waals surface area (Å²) in [6, 6.07) is 6.99. The van der Waals surface area contributed by atoms with Gasteiger partial charge in [-0.1, -0.05) is 11.6 Å². The predicted octanol–water partition coefficient (Wildman–Crippen LogP) is 4.29. The highest BCUT2D eigenvalue weighted by Crippen LogP contribution is 2.31. The number of hydrogen-bond donors (Lipinski definition) is 1. The minimum Gasteiger partial charge on any atom is -0.495 e. The van der Waals surface area contributed by atoms with Crippen molar-refractivity contribution in [1.82, 2.24) is 4.90 Å². The summed E-state index contributed by atoms with van der Waals surface area (Å²) in [7, 11) is 1.51. The predicted molar refractivity (Wildman–Crippen MR) is 102 cm³/mol. The molecule has 0 bridgehead atoms. The summed E-state index contributed by atoms with van der Waals surface area (Å²) < 4.78 is 31.8. The minimum absolute atomic E-state index is 0.250. The van der Waals surface area contributed by atoms with Crippen molar-refractivity contribution in [3.8, 4) is 5.75 Å². The summed E-state index contributed by atoms with van der Waals surface area (Å²) in [5.74, 6) is -1.26. The molecule has 2 aromatic carbocycles. The minimum atomic E-state index is -0.877. The molecule has 1 saturated heterocycles. The molecule has 1 aliphatic heterocycles. The van der Waals surface area contributed by atoms with Crippen LogP contribution in [0.1, 0.15) is 5.56 Å². The Morgan fingerprint density at radius 3 is 2.44 bits per heavy atom. The van der Waals surface area contributed by atoms with E-state index in [4.69, 9.17) is 16.3 Å². The molecule has 2 amide bonds. The van der Waals surface area contributed by atoms with Crippen LogP contribution in [0.15, 0.2) is 30.3 Å². The number of amides is 2. The highest BCUT2D eigenvalue weighted by Gasteiger charge is 2.23. The maximum atomic E-state index is 13.4. The first kappa shape index (κ1) is 19.2. The Morgan fingerprint density at radius 2 is 1.81 bits per heavy atom. The van der Waals surface area contributed by atoms with Crippen molar-refractivity contribution in [2.75, 3.05) is 43.5 Å². The number of carbonyl (C=O) groups is 1. The molecule has 1 aliphatic rings. The van der Waals surface area contributed by atoms with E-state index in [0.29, 0.717) is 48.3 Å². The first-order valence-electron chi connectivity index (χ1n) is 8.49. The number of piperazine rings is 1. The van der Waals surface area contributed by atoms with Gasteiger partial charge >= 0.3 is 6.03 Å². The number of rotatable bonds is 3. The fourth-order valence-electron chi connectivity index (χ4n) is 2.97. The molecule has 0 aromatic heterocycles. The third-order valence-corrected chi connectivity index (χ3v) is 4.96. The first-order chi connectivity index (χ1) is 12.9. The molecule has 0 aliphatic carbocycles. The van der Waals surface area contributed by atoms with Crippen LogP contribution in [0.5, 0.6) is 5.75 Å². The van der Waals surface area contributed by atoms with Gasteiger partial charge in [0, 0.05) is 49.0 Å². The number of aryl methyl sites for hydroxylation is 1. The summed E-state index contributed by atoms with van der Waals surface area (Å²) in [5, 5.41) is 3.41. The largest absolute Gasteiger partial charge is 0.495 e. The van der Waals surface area contributed by atoms with Gasteiger partial charge in [-0.25, -0.2) is 13.6 Å². The molecule has 144 valence electrons. The van der Waals surface area contributed by atoms with Gasteiger partial charge in [-0.2, -0.15) is 0 Å². The van der Waals surface area contributed by atoms with Crippen LogP contribution in [0.4, 0.5) is 25.0 Å². The van der Waals surface area contributed by atoms with Crippen molar-refractivity contribution in [3.63, 3.8) is 0 Å². The van der Waals surface area contributed by atoms with Crippen LogP contribution < -0.4 is 15.0 Å². The number of benzene rings is 2. The van der Waals surface area contributed by atoms with Crippen LogP contribution in [-0.2, 0) is 0 Å². The van der Waals surface area contributed by atoms with Gasteiger partial charge in [0.25, 0.3) is 0 Å². The molecule has 0 atom stereocenters. The SMILES string of the molecule is COc1cc(Cl)c(C)cc1NC(=O)N1CCN(c2ccc(F)c(F)c2)CC1. The van der Waals surface area contributed by atoms with Gasteiger partial charge in [0.2, 0.25) is 0 Å². The van der Waals surface area contributed by atoms with E-state index >= 15 is 0 Å². The normalized spacial score (nSPS) is 14.3. The van der Waals surface area contributed by atoms with E-state index in [9.17, 15) is 13.6 Å². The maximum absolute atomic E-state index is 13.4. The van der Waals surface area contributed by atoms with E-state index in [-0.39, 0.29) is 6.03 Å². The molecule has 1 fully saturated rings. The number of ether oxygens (including phenoxy) is 1. The van der Waals surface area contributed by atoms with Crippen molar-refractivity contribution in [2.45, 2.75) is 6.92 Å². The van der Waals surface area contributed by atoms with Gasteiger partial charge in [-0.05, 0) is 30.7 Å². The van der Waals surface area contributed by atoms with E-state index in [1.807, 2.05) is 11.8 Å². The zero-order valence-electron chi connectivity index (χ0n) is 15.1. The van der Waals surface area contributed by atoms with Crippen LogP contribution in [-0.4, -0.2) is 44.2 Å². The van der Waals surface area contributed by atoms with Crippen LogP contribution >= 0.6 is 11.6 Å². The average molecular weight is 396 g/mol. The Balaban J connectivity index is 1.63. The Kier molecular flexibility index (Phi) is 5.70. The topological polar surface area (TPSA) is 44.8 Å². The zero-order valence-corrected chi connectivity index (χ0v) is 15.8. The van der Waals surface area contributed by atoms with Crippen LogP contribution in [0, 0.1) is 18.6 Å². The van der Waals surface area contributed by atoms with Gasteiger partial charge in [0.1, 0.15) is 5.75 Å². The van der Waals surface area contributed by atoms with E-state index in [2.05, 4.69) is 5.32 Å². The molecule has 0 radical (unpaired) electrons. The number of nitrogens with one attached hydrogen (secondary N) is 1. The standard InChI is InChI=1S/C19H20ClF2N3O2/c1-12-9-17(18(27-2)11-14(12)20)23-19(26)25-7-5-24(6-8-25)13-3-4-15(21)16(22)10-13/h3-4,9-11H,5-8H2,1-2H3,(H,23,26). The average Bonchev–Trinajstić information content (AvgIpc) is 2.66. The van der Waals surface area contributed by atoms with Crippen molar-refractivity contribution < 1.29 is 18.3 Å². The molecule has 27 heavy (non-hydrogen) atoms. The third kappa shape index (κ3) is 4.24. The Hall–Kier alpha value is -2.54. The monoisotopic (exact) mass is 395 g/mol. The van der Waals surface area contributed by atoms with E-state index in [1.54, 1.807) is 17.0 Å². The summed E-state index contributed by atoms with van der Waals surface area (Å²) in [4.78, 5) is 16.2. The molecule has 2 aromatic rings. The van der Waals surface area contributed by atoms with Crippen LogP contribution in [0.2, 0.25) is 5.02 Å². The third-order valence-electron chi connectivity index (χ3n) is 4.56. The van der Waals surface area contributed by atoms with Crippen molar-refractivity contribution >= 4 is 29.0 Å². The molecule has 0 unspecified atom stereocenters. The lowest BCUT2D eigenvalue weighted by atomic mass is 10.2. The van der Waals surface area contributed by atoms with Crippen molar-refractivity contribution in [1.29, 1.82) is 0 Å². The van der Waals surface area contributed by atoms with Crippen LogP contribution in [0.25, 0.3) is 0 Å². The van der Waals surface area contributed by atoms with E-state index in [1.165, 1.54) is 19.2 Å². The van der Waals surface area contributed by atoms with Gasteiger partial charge in [0.05, 0.1) is 12.8 Å². The molecule has 1 N–H and O–H groups in total. The summed E-state index contributed by atoms with van der Waals surface area (Å²) >= 11 is 6.09. The van der Waals surface area contributed by atoms with E-state index < -0.39 is 11.6 Å². The molecule has 1 heterocycles. The van der Waals surface area contributed by atoms with Gasteiger partial charge in [0.15, 0.2) is 11.6 Å². The number of carbonyl (C=O) groups excluding carboxylic acids is 1. The number of methoxy groups -OCH3 is 1. The molecule has 0 saturated carbocycles. The number of urea groups is 1. The second-order valence-corrected chi connectivity index (χ2v) is 6.71. The quantitative estimate of drug-likeness (QED) is 0.843. The Bertz CT molecular complexity index is 855. The van der Waals surface area contributed by atoms with Crippen LogP contribution in [0.3, 0.4) is 0 Å². The van der Waals surface area contributed by atoms with E-state index in [0.717, 1.165) is 11.6 Å². The number of hydrogen-bond acceptors (Lipinski definition) is 3. The number of anilines is 2. The summed E-state index contributed by atoms with van der Waals surface area (Å²) in [6.07, 6.45) is 0. The van der Waals surface area contributed by atoms with Gasteiger partial charge in [-0.3, -0.25) is 0 Å². The Labute approximate surface area is 161 Å². The van der Waals surface area contributed by atoms with Gasteiger partial charge in [-0.15, -0.1) is 0 Å². The maximum Gasteiger partial charge on any atom is 0.322 e. The Morgan fingerprint density at radius 1 is 1.11 bits per heavy atom. The molecule has 0 spiro atoms. The molecular formula is C19H20ClF2N3O2. The second kappa shape index (κ2) is 8.00. The summed E-state index contributed by atoms with van der Waals surface area (Å²) in [5.41, 5.74) is 1.98. The number of halogens is 3. The second-order valence-electron chi connectivity index (χ2n) is 6.30. The molecule has 5 nitrogen and oxygen atoms in total. The zero-order chi connectivity index (χ0) is 19.6. The van der Waals surface area contributed by atoms with Crippen molar-refractivity contribution in [3.05, 3.63) is 52.6 Å². The smallest absolute Gasteiger partial charge is 0.322 e. The lowest BCUT2D eigenvalue weighted by molar-refractivity contribution is 0.208. The fraction of sp³-hybridized carbons (Fsp3) is 0.316. The molecule has 3 rings (SSSR count). The first-order valence-corrected chi connectivity index (χ1v) is 8.87. The van der Waals surface area contributed by atoms with Crippen molar-refractivity contribution in [2.24, 2.45) is 0 Å².